The molecule has 410 valence electrons. The number of esters is 1. The Bertz CT molecular complexity index is 2710. The lowest BCUT2D eigenvalue weighted by molar-refractivity contribution is -0.360. The Morgan fingerprint density at radius 3 is 1.80 bits per heavy atom. The summed E-state index contributed by atoms with van der Waals surface area (Å²) in [5.41, 5.74) is -1.41. The predicted molar refractivity (Wildman–Crippen MR) is 249 cm³/mol. The Hall–Kier alpha value is -5.76. The van der Waals surface area contributed by atoms with Crippen molar-refractivity contribution in [3.63, 3.8) is 0 Å². The number of rotatable bonds is 14. The molecule has 75 heavy (non-hydrogen) atoms. The van der Waals surface area contributed by atoms with E-state index in [1.807, 2.05) is 0 Å². The van der Waals surface area contributed by atoms with Crippen LogP contribution in [-0.2, 0) is 38.0 Å². The minimum atomic E-state index is -2.20. The van der Waals surface area contributed by atoms with Crippen molar-refractivity contribution in [3.05, 3.63) is 76.5 Å². The number of aliphatic hydroxyl groups excluding tert-OH is 10. The Morgan fingerprint density at radius 1 is 0.600 bits per heavy atom. The summed E-state index contributed by atoms with van der Waals surface area (Å²) < 4.78 is 64.8. The zero-order valence-electron chi connectivity index (χ0n) is 40.2. The van der Waals surface area contributed by atoms with Crippen molar-refractivity contribution in [1.29, 1.82) is 0 Å². The largest absolute Gasteiger partial charge is 0.508 e. The number of hydrogen-bond acceptors (Lipinski definition) is 26. The van der Waals surface area contributed by atoms with Gasteiger partial charge in [-0.2, -0.15) is 0 Å². The molecule has 0 radical (unpaired) electrons. The predicted octanol–water partition coefficient (Wildman–Crippen LogP) is -2.06. The molecule has 4 fully saturated rings. The van der Waals surface area contributed by atoms with Crippen LogP contribution in [0.2, 0.25) is 0 Å². The molecule has 8 rings (SSSR count). The van der Waals surface area contributed by atoms with Gasteiger partial charge in [0, 0.05) is 11.6 Å². The van der Waals surface area contributed by atoms with Crippen molar-refractivity contribution in [3.8, 4) is 45.8 Å². The fourth-order valence-corrected chi connectivity index (χ4v) is 8.76. The molecule has 26 nitrogen and oxygen atoms in total. The molecule has 0 aliphatic carbocycles. The maximum Gasteiger partial charge on any atom is 0.331 e. The molecular formula is C49H58O26. The van der Waals surface area contributed by atoms with Crippen molar-refractivity contribution in [2.75, 3.05) is 13.7 Å². The first kappa shape index (κ1) is 55.5. The summed E-state index contributed by atoms with van der Waals surface area (Å²) in [5.74, 6) is -4.26. The van der Waals surface area contributed by atoms with E-state index in [2.05, 4.69) is 0 Å². The Morgan fingerprint density at radius 2 is 1.17 bits per heavy atom. The van der Waals surface area contributed by atoms with Gasteiger partial charge in [-0.1, -0.05) is 12.1 Å². The minimum absolute atomic E-state index is 0.0642. The fourth-order valence-electron chi connectivity index (χ4n) is 8.76. The van der Waals surface area contributed by atoms with Gasteiger partial charge in [-0.25, -0.2) is 4.79 Å². The zero-order valence-corrected chi connectivity index (χ0v) is 40.2. The molecule has 20 atom stereocenters. The van der Waals surface area contributed by atoms with Gasteiger partial charge in [0.1, 0.15) is 84.0 Å². The highest BCUT2D eigenvalue weighted by molar-refractivity contribution is 5.91. The van der Waals surface area contributed by atoms with Gasteiger partial charge in [0.05, 0.1) is 32.0 Å². The highest BCUT2D eigenvalue weighted by Crippen LogP contribution is 2.43. The number of methoxy groups -OCH3 is 1. The lowest BCUT2D eigenvalue weighted by Crippen LogP contribution is -2.65. The third-order valence-electron chi connectivity index (χ3n) is 13.2. The quantitative estimate of drug-likeness (QED) is 0.0477. The van der Waals surface area contributed by atoms with Crippen molar-refractivity contribution in [2.24, 2.45) is 0 Å². The average Bonchev–Trinajstić information content (AvgIpc) is 3.39. The Balaban J connectivity index is 1.25. The Kier molecular flexibility index (Phi) is 16.9. The summed E-state index contributed by atoms with van der Waals surface area (Å²) in [4.78, 5) is 28.7. The number of ether oxygens (including phenoxy) is 10. The van der Waals surface area contributed by atoms with E-state index < -0.39 is 169 Å². The number of benzene rings is 3. The minimum Gasteiger partial charge on any atom is -0.508 e. The maximum absolute atomic E-state index is 15.1. The molecule has 5 heterocycles. The standard InChI is InChI=1S/C49H58O26/c1-17-30(54)34(58)37(61)46(67-17)66-16-27-43(72-28(53)14-7-20-5-9-22(50)10-6-20)40(64)45(75-48-39(63)36(60)32(56)19(3)69-48)49(71-27)74-44-33(57)29-24(52)12-13-25(70-47-38(62)35(59)31(55)18(2)68-47)42(29)73-41(44)21-8-11-23(51)26(15-21)65-4/h5-15,17-19,27,30-32,34-40,43,45-52,54-56,58-64H,16H2,1-4H3/b14-7-/t17-,18-,19-,27+,30-,31-,32-,34+,35+,36+,37+,38+,39+,40-,43-,45+,46+,47-,48-,49-/m0/s1. The molecule has 13 N–H and O–H groups in total. The number of aromatic hydroxyl groups is 3. The van der Waals surface area contributed by atoms with Crippen molar-refractivity contribution in [2.45, 2.75) is 144 Å². The van der Waals surface area contributed by atoms with Gasteiger partial charge in [0.15, 0.2) is 53.4 Å². The molecule has 4 aromatic rings. The first-order valence-corrected chi connectivity index (χ1v) is 23.5. The summed E-state index contributed by atoms with van der Waals surface area (Å²) in [5, 5.41) is 139. The fraction of sp³-hybridized carbons (Fsp3) is 0.510. The number of aliphatic hydroxyl groups is 10. The van der Waals surface area contributed by atoms with Crippen LogP contribution in [0.3, 0.4) is 0 Å². The second kappa shape index (κ2) is 22.8. The van der Waals surface area contributed by atoms with E-state index in [4.69, 9.17) is 51.8 Å². The molecule has 4 saturated heterocycles. The van der Waals surface area contributed by atoms with Crippen LogP contribution >= 0.6 is 0 Å². The second-order valence-corrected chi connectivity index (χ2v) is 18.3. The highest BCUT2D eigenvalue weighted by atomic mass is 16.8. The molecule has 4 aliphatic rings. The summed E-state index contributed by atoms with van der Waals surface area (Å²) in [6, 6.07) is 11.4. The SMILES string of the molecule is COc1cc(-c2oc3c(O[C@@H]4O[C@@H](C)[C@H](O)[C@@H](O)[C@H]4O)ccc(O)c3c(=O)c2O[C@@H]2O[C@H](CO[C@@H]3O[C@@H](C)[C@H](O)[C@@H](O)[C@H]3O)[C@H](OC(=O)/C=C\c3ccc(O)cc3)[C@H](O)[C@H]2O[C@@H]2O[C@@H](C)[C@H](O)[C@@H](O)[C@H]2O)ccc1O. The third kappa shape index (κ3) is 11.4. The molecule has 0 saturated carbocycles. The van der Waals surface area contributed by atoms with Crippen LogP contribution in [0.25, 0.3) is 28.4 Å². The van der Waals surface area contributed by atoms with Crippen LogP contribution in [0.1, 0.15) is 26.3 Å². The first-order valence-electron chi connectivity index (χ1n) is 23.5. The van der Waals surface area contributed by atoms with E-state index in [0.29, 0.717) is 5.56 Å². The summed E-state index contributed by atoms with van der Waals surface area (Å²) in [6.45, 7) is 3.27. The van der Waals surface area contributed by atoms with E-state index in [0.717, 1.165) is 24.3 Å². The van der Waals surface area contributed by atoms with Crippen LogP contribution in [0.4, 0.5) is 0 Å². The lowest BCUT2D eigenvalue weighted by atomic mass is 9.97. The Labute approximate surface area is 424 Å². The van der Waals surface area contributed by atoms with Crippen molar-refractivity contribution >= 4 is 23.0 Å². The first-order chi connectivity index (χ1) is 35.6. The molecule has 26 heteroatoms. The molecule has 0 bridgehead atoms. The molecule has 0 amide bonds. The van der Waals surface area contributed by atoms with E-state index in [-0.39, 0.29) is 28.6 Å². The van der Waals surface area contributed by atoms with Crippen molar-refractivity contribution in [1.82, 2.24) is 0 Å². The smallest absolute Gasteiger partial charge is 0.331 e. The van der Waals surface area contributed by atoms with Gasteiger partial charge in [-0.05, 0) is 74.9 Å². The van der Waals surface area contributed by atoms with Crippen molar-refractivity contribution < 1.29 is 123 Å². The van der Waals surface area contributed by atoms with Gasteiger partial charge in [0.25, 0.3) is 0 Å². The lowest BCUT2D eigenvalue weighted by Gasteiger charge is -2.47. The zero-order chi connectivity index (χ0) is 54.3. The van der Waals surface area contributed by atoms with Gasteiger partial charge in [-0.15, -0.1) is 0 Å². The number of hydrogen-bond donors (Lipinski definition) is 13. The number of phenols is 3. The van der Waals surface area contributed by atoms with E-state index >= 15 is 4.79 Å². The average molecular weight is 1060 g/mol. The number of carbonyl (C=O) groups excluding carboxylic acids is 1. The van der Waals surface area contributed by atoms with Crippen LogP contribution in [0, 0.1) is 0 Å². The monoisotopic (exact) mass is 1060 g/mol. The molecule has 0 unspecified atom stereocenters. The highest BCUT2D eigenvalue weighted by Gasteiger charge is 2.54. The van der Waals surface area contributed by atoms with Gasteiger partial charge < -0.3 is 118 Å². The van der Waals surface area contributed by atoms with Gasteiger partial charge in [-0.3, -0.25) is 4.79 Å². The van der Waals surface area contributed by atoms with E-state index in [1.54, 1.807) is 0 Å². The molecular weight excluding hydrogens is 1000 g/mol. The summed E-state index contributed by atoms with van der Waals surface area (Å²) >= 11 is 0. The number of carbonyl (C=O) groups is 1. The third-order valence-corrected chi connectivity index (χ3v) is 13.2. The van der Waals surface area contributed by atoms with Gasteiger partial charge in [0.2, 0.25) is 23.8 Å². The topological polar surface area (TPSA) is 403 Å². The molecule has 0 spiro atoms. The number of fused-ring (bicyclic) bond motifs is 1. The molecule has 3 aromatic carbocycles. The summed E-state index contributed by atoms with van der Waals surface area (Å²) in [6.07, 6.45) is -32.6. The van der Waals surface area contributed by atoms with Crippen LogP contribution in [-0.4, -0.2) is 209 Å². The van der Waals surface area contributed by atoms with Crippen LogP contribution < -0.4 is 19.6 Å². The molecule has 1 aromatic heterocycles. The van der Waals surface area contributed by atoms with E-state index in [9.17, 15) is 71.2 Å². The maximum atomic E-state index is 15.1. The van der Waals surface area contributed by atoms with Gasteiger partial charge >= 0.3 is 5.97 Å². The summed E-state index contributed by atoms with van der Waals surface area (Å²) in [7, 11) is 1.21. The van der Waals surface area contributed by atoms with E-state index in [1.165, 1.54) is 70.4 Å². The molecule has 4 aliphatic heterocycles. The number of phenolic OH excluding ortho intramolecular Hbond substituents is 3. The van der Waals surface area contributed by atoms with Crippen LogP contribution in [0.5, 0.6) is 34.5 Å². The van der Waals surface area contributed by atoms with Crippen LogP contribution in [0.15, 0.2) is 69.9 Å². The second-order valence-electron chi connectivity index (χ2n) is 18.3. The normalized spacial score (nSPS) is 36.3.